The fourth-order valence-electron chi connectivity index (χ4n) is 2.62. The summed E-state index contributed by atoms with van der Waals surface area (Å²) in [6.45, 7) is 5.02. The molecule has 0 saturated heterocycles. The lowest BCUT2D eigenvalue weighted by Gasteiger charge is -2.28. The van der Waals surface area contributed by atoms with E-state index in [0.717, 1.165) is 11.9 Å². The van der Waals surface area contributed by atoms with Crippen LogP contribution in [0.5, 0.6) is 0 Å². The van der Waals surface area contributed by atoms with E-state index in [2.05, 4.69) is 25.8 Å². The molecular weight excluding hydrogens is 366 g/mol. The van der Waals surface area contributed by atoms with E-state index in [-0.39, 0.29) is 23.8 Å². The molecule has 9 nitrogen and oxygen atoms in total. The van der Waals surface area contributed by atoms with Crippen LogP contribution < -0.4 is 25.8 Å². The molecule has 1 saturated carbocycles. The van der Waals surface area contributed by atoms with Gasteiger partial charge in [-0.2, -0.15) is 4.83 Å². The van der Waals surface area contributed by atoms with Gasteiger partial charge in [0, 0.05) is 17.7 Å². The fourth-order valence-corrected chi connectivity index (χ4v) is 4.25. The highest BCUT2D eigenvalue weighted by Crippen LogP contribution is 2.25. The van der Waals surface area contributed by atoms with Crippen molar-refractivity contribution in [3.05, 3.63) is 10.6 Å². The number of hydrogen-bond donors (Lipinski definition) is 5. The first-order valence-electron chi connectivity index (χ1n) is 8.20. The maximum atomic E-state index is 12.2. The van der Waals surface area contributed by atoms with Crippen LogP contribution in [0.2, 0.25) is 0 Å². The molecule has 25 heavy (non-hydrogen) atoms. The molecule has 0 aromatic rings. The Morgan fingerprint density at radius 1 is 1.16 bits per heavy atom. The average molecular weight is 392 g/mol. The van der Waals surface area contributed by atoms with Gasteiger partial charge in [0.05, 0.1) is 5.25 Å². The number of sulfonamides is 1. The zero-order valence-corrected chi connectivity index (χ0v) is 16.1. The van der Waals surface area contributed by atoms with Crippen LogP contribution in [0.15, 0.2) is 10.6 Å². The van der Waals surface area contributed by atoms with Gasteiger partial charge in [-0.3, -0.25) is 20.4 Å². The monoisotopic (exact) mass is 391 g/mol. The number of amides is 2. The van der Waals surface area contributed by atoms with Gasteiger partial charge in [-0.15, -0.1) is 0 Å². The summed E-state index contributed by atoms with van der Waals surface area (Å²) >= 11 is 1.14. The summed E-state index contributed by atoms with van der Waals surface area (Å²) in [4.78, 5) is 27.3. The third kappa shape index (κ3) is 5.33. The van der Waals surface area contributed by atoms with Crippen molar-refractivity contribution in [2.75, 3.05) is 0 Å². The molecule has 0 bridgehead atoms. The molecule has 142 valence electrons. The highest BCUT2D eigenvalue weighted by Gasteiger charge is 2.30. The Morgan fingerprint density at radius 2 is 1.80 bits per heavy atom. The minimum Gasteiger partial charge on any atom is -0.315 e. The predicted octanol–water partition coefficient (Wildman–Crippen LogP) is 0.00790. The van der Waals surface area contributed by atoms with Crippen LogP contribution in [-0.2, 0) is 19.6 Å². The van der Waals surface area contributed by atoms with E-state index in [1.165, 1.54) is 0 Å². The Morgan fingerprint density at radius 3 is 2.32 bits per heavy atom. The van der Waals surface area contributed by atoms with Crippen molar-refractivity contribution < 1.29 is 18.0 Å². The second kappa shape index (κ2) is 8.39. The molecule has 2 amide bonds. The fraction of sp³-hybridized carbons (Fsp3) is 0.714. The van der Waals surface area contributed by atoms with Crippen molar-refractivity contribution >= 4 is 33.8 Å². The smallest absolute Gasteiger partial charge is 0.279 e. The van der Waals surface area contributed by atoms with E-state index >= 15 is 0 Å². The van der Waals surface area contributed by atoms with Crippen molar-refractivity contribution in [3.8, 4) is 0 Å². The van der Waals surface area contributed by atoms with E-state index in [1.54, 1.807) is 20.8 Å². The zero-order chi connectivity index (χ0) is 18.6. The minimum atomic E-state index is -3.30. The summed E-state index contributed by atoms with van der Waals surface area (Å²) in [5.74, 6) is -0.866. The lowest BCUT2D eigenvalue weighted by Crippen LogP contribution is -2.47. The van der Waals surface area contributed by atoms with Crippen LogP contribution in [0.1, 0.15) is 46.5 Å². The van der Waals surface area contributed by atoms with Crippen LogP contribution in [0.3, 0.4) is 0 Å². The number of carbonyl (C=O) groups is 2. The van der Waals surface area contributed by atoms with Gasteiger partial charge in [-0.05, 0) is 58.4 Å². The Hall–Kier alpha value is -1.30. The standard InChI is InChI=1S/C14H25N5O4S2/c1-8(2)25(22,23)18-11-6-4-10(5-7-11)13(20)16-17-14(21)12-9(3)15-19-24-12/h8,10-11,15,18-19H,4-7H2,1-3H3,(H,16,20)(H,17,21). The van der Waals surface area contributed by atoms with Gasteiger partial charge in [0.15, 0.2) is 0 Å². The van der Waals surface area contributed by atoms with Crippen LogP contribution in [0.4, 0.5) is 0 Å². The first-order valence-corrected chi connectivity index (χ1v) is 10.6. The molecule has 5 N–H and O–H groups in total. The highest BCUT2D eigenvalue weighted by molar-refractivity contribution is 8.02. The first kappa shape index (κ1) is 20.0. The molecule has 1 aliphatic carbocycles. The Bertz CT molecular complexity index is 654. The molecule has 0 radical (unpaired) electrons. The van der Waals surface area contributed by atoms with Crippen molar-refractivity contribution in [1.29, 1.82) is 0 Å². The highest BCUT2D eigenvalue weighted by atomic mass is 32.2. The van der Waals surface area contributed by atoms with Crippen LogP contribution in [0, 0.1) is 5.92 Å². The maximum Gasteiger partial charge on any atom is 0.279 e. The summed E-state index contributed by atoms with van der Waals surface area (Å²) in [6.07, 6.45) is 2.36. The van der Waals surface area contributed by atoms with Gasteiger partial charge in [-0.1, -0.05) is 0 Å². The molecule has 0 aromatic heterocycles. The number of allylic oxidation sites excluding steroid dienone is 1. The van der Waals surface area contributed by atoms with Crippen molar-refractivity contribution in [2.45, 2.75) is 57.7 Å². The molecule has 0 spiro atoms. The van der Waals surface area contributed by atoms with Crippen LogP contribution >= 0.6 is 11.9 Å². The lowest BCUT2D eigenvalue weighted by atomic mass is 9.86. The summed E-state index contributed by atoms with van der Waals surface area (Å²) < 4.78 is 26.5. The molecule has 1 heterocycles. The molecule has 2 aliphatic rings. The average Bonchev–Trinajstić information content (AvgIpc) is 2.98. The molecule has 0 atom stereocenters. The van der Waals surface area contributed by atoms with Crippen LogP contribution in [0.25, 0.3) is 0 Å². The van der Waals surface area contributed by atoms with Gasteiger partial charge in [0.25, 0.3) is 5.91 Å². The van der Waals surface area contributed by atoms with Crippen molar-refractivity contribution in [1.82, 2.24) is 25.8 Å². The SMILES string of the molecule is CC1=C(C(=O)NNC(=O)C2CCC(NS(=O)(=O)C(C)C)CC2)SNN1. The Kier molecular flexibility index (Phi) is 6.72. The topological polar surface area (TPSA) is 128 Å². The zero-order valence-electron chi connectivity index (χ0n) is 14.5. The second-order valence-corrected chi connectivity index (χ2v) is 9.57. The van der Waals surface area contributed by atoms with Crippen molar-refractivity contribution in [3.63, 3.8) is 0 Å². The quantitative estimate of drug-likeness (QED) is 0.330. The Labute approximate surface area is 152 Å². The van der Waals surface area contributed by atoms with Crippen molar-refractivity contribution in [2.24, 2.45) is 5.92 Å². The van der Waals surface area contributed by atoms with Gasteiger partial charge < -0.3 is 5.43 Å². The van der Waals surface area contributed by atoms with E-state index in [0.29, 0.717) is 36.3 Å². The summed E-state index contributed by atoms with van der Waals surface area (Å²) in [7, 11) is -3.30. The number of hydrazine groups is 2. The van der Waals surface area contributed by atoms with E-state index in [4.69, 9.17) is 0 Å². The number of rotatable bonds is 5. The molecule has 11 heteroatoms. The number of nitrogens with one attached hydrogen (secondary N) is 5. The largest absolute Gasteiger partial charge is 0.315 e. The Balaban J connectivity index is 1.76. The molecule has 0 aromatic carbocycles. The maximum absolute atomic E-state index is 12.2. The lowest BCUT2D eigenvalue weighted by molar-refractivity contribution is -0.130. The summed E-state index contributed by atoms with van der Waals surface area (Å²) in [5, 5.41) is -0.473. The molecular formula is C14H25N5O4S2. The number of hydrogen-bond acceptors (Lipinski definition) is 7. The summed E-state index contributed by atoms with van der Waals surface area (Å²) in [5.41, 5.74) is 8.34. The number of carbonyl (C=O) groups excluding carboxylic acids is 2. The molecule has 0 unspecified atom stereocenters. The van der Waals surface area contributed by atoms with E-state index in [1.807, 2.05) is 0 Å². The van der Waals surface area contributed by atoms with Gasteiger partial charge in [0.1, 0.15) is 4.91 Å². The third-order valence-electron chi connectivity index (χ3n) is 4.29. The van der Waals surface area contributed by atoms with Gasteiger partial charge in [0.2, 0.25) is 15.9 Å². The normalized spacial score (nSPS) is 24.2. The van der Waals surface area contributed by atoms with E-state index < -0.39 is 15.3 Å². The molecule has 1 fully saturated rings. The van der Waals surface area contributed by atoms with Crippen LogP contribution in [-0.4, -0.2) is 31.5 Å². The minimum absolute atomic E-state index is 0.133. The first-order chi connectivity index (χ1) is 11.7. The molecule has 2 rings (SSSR count). The summed E-state index contributed by atoms with van der Waals surface area (Å²) in [6, 6.07) is -0.133. The van der Waals surface area contributed by atoms with Gasteiger partial charge >= 0.3 is 0 Å². The third-order valence-corrected chi connectivity index (χ3v) is 7.09. The predicted molar refractivity (Wildman–Crippen MR) is 95.8 cm³/mol. The molecule has 1 aliphatic heterocycles. The van der Waals surface area contributed by atoms with Gasteiger partial charge in [-0.25, -0.2) is 13.1 Å². The second-order valence-electron chi connectivity index (χ2n) is 6.49. The van der Waals surface area contributed by atoms with E-state index in [9.17, 15) is 18.0 Å².